The average Bonchev–Trinajstić information content (AvgIpc) is 1.46. The van der Waals surface area contributed by atoms with Gasteiger partial charge in [-0.2, -0.15) is 0 Å². The van der Waals surface area contributed by atoms with Crippen molar-refractivity contribution in [2.24, 2.45) is 0 Å². The van der Waals surface area contributed by atoms with Crippen molar-refractivity contribution in [1.82, 2.24) is 0 Å². The van der Waals surface area contributed by atoms with Crippen molar-refractivity contribution >= 4 is 9.47 Å². The van der Waals surface area contributed by atoms with Gasteiger partial charge < -0.3 is 6.32 Å². The molecule has 1 N–H and O–H groups in total. The monoisotopic (exact) mass is 255 g/mol. The molecule has 0 amide bonds. The van der Waals surface area contributed by atoms with E-state index in [0.29, 0.717) is 0 Å². The van der Waals surface area contributed by atoms with Gasteiger partial charge in [0.1, 0.15) is 0 Å². The third-order valence-corrected chi connectivity index (χ3v) is 0. The quantitative estimate of drug-likeness (QED) is 0.362. The van der Waals surface area contributed by atoms with Crippen molar-refractivity contribution in [2.75, 3.05) is 0 Å². The molecule has 3 nitrogen and oxygen atoms in total. The molecule has 0 radical (unpaired) electrons. The van der Waals surface area contributed by atoms with Crippen LogP contribution in [-0.4, -0.2) is 4.89 Å². The Morgan fingerprint density at radius 1 is 1.43 bits per heavy atom. The van der Waals surface area contributed by atoms with Crippen LogP contribution in [0.15, 0.2) is 0 Å². The summed E-state index contributed by atoms with van der Waals surface area (Å²) in [5.41, 5.74) is 0. The summed E-state index contributed by atoms with van der Waals surface area (Å²) in [7, 11) is 1.42. The van der Waals surface area contributed by atoms with Crippen LogP contribution in [0.2, 0.25) is 0 Å². The second kappa shape index (κ2) is 40.9. The Hall–Kier alpha value is 2.26. The molecule has 0 aliphatic heterocycles. The van der Waals surface area contributed by atoms with E-state index in [2.05, 4.69) is 0 Å². The molecule has 7 heavy (non-hydrogen) atoms. The Morgan fingerprint density at radius 3 is 1.43 bits per heavy atom. The predicted octanol–water partition coefficient (Wildman–Crippen LogP) is -3.36. The first-order valence-corrected chi connectivity index (χ1v) is 2.28. The van der Waals surface area contributed by atoms with Crippen molar-refractivity contribution in [2.45, 2.75) is 0 Å². The van der Waals surface area contributed by atoms with Crippen molar-refractivity contribution in [3.05, 3.63) is 0 Å². The summed E-state index contributed by atoms with van der Waals surface area (Å²) >= 11 is -1.81. The molecule has 1 unspecified atom stereocenters. The fourth-order valence-corrected chi connectivity index (χ4v) is 0. The topological polar surface area (TPSA) is 54.4 Å². The molecule has 0 aliphatic rings. The van der Waals surface area contributed by atoms with Crippen LogP contribution in [0.5, 0.6) is 0 Å². The summed E-state index contributed by atoms with van der Waals surface area (Å²) in [5, 5.41) is 0. The van der Waals surface area contributed by atoms with Crippen LogP contribution < -0.4 is 29.6 Å². The van der Waals surface area contributed by atoms with E-state index in [-0.39, 0.29) is 52.0 Å². The minimum absolute atomic E-state index is 0. The molecule has 0 aromatic rings. The average molecular weight is 253 g/mol. The summed E-state index contributed by atoms with van der Waals surface area (Å²) in [6, 6.07) is 0. The molecule has 0 spiro atoms. The molecule has 7 heteroatoms. The van der Waals surface area contributed by atoms with Crippen LogP contribution in [0.3, 0.4) is 0 Å². The Balaban J connectivity index is -0.00000000567. The van der Waals surface area contributed by atoms with Crippen LogP contribution in [0, 0.1) is 0 Å². The van der Waals surface area contributed by atoms with Crippen molar-refractivity contribution in [3.63, 3.8) is 0 Å². The number of hydrogen-bond acceptors (Lipinski definition) is 3. The van der Waals surface area contributed by atoms with E-state index in [9.17, 15) is 0 Å². The maximum absolute atomic E-state index is 8.47. The normalized spacial score (nSPS) is 2.00. The minimum atomic E-state index is -1.81. The first-order chi connectivity index (χ1) is 2.41. The molecule has 0 aromatic carbocycles. The maximum atomic E-state index is 8.47. The fourth-order valence-electron chi connectivity index (χ4n) is 0. The molecule has 0 saturated carbocycles. The Bertz CT molecular complexity index is 40.3. The Labute approximate surface area is 88.9 Å². The van der Waals surface area contributed by atoms with E-state index >= 15 is 0 Å². The van der Waals surface area contributed by atoms with E-state index in [1.165, 1.54) is 9.47 Å². The van der Waals surface area contributed by atoms with E-state index < -0.39 is 16.2 Å². The van der Waals surface area contributed by atoms with Gasteiger partial charge in [-0.3, -0.25) is 0 Å². The standard InChI is InChI=1S/Mo.Na.H3OP.2O.V.H/c;;1-2;;;;/h;;1H,2H2;;;;/q;+1;;;;;-1. The molecular formula is H4MoNaO3PV. The zero-order valence-electron chi connectivity index (χ0n) is 4.70. The zero-order valence-corrected chi connectivity index (χ0v) is 10.3. The van der Waals surface area contributed by atoms with Gasteiger partial charge in [0, 0.05) is 21.1 Å². The summed E-state index contributed by atoms with van der Waals surface area (Å²) in [6.45, 7) is 0. The molecule has 0 aromatic heterocycles. The van der Waals surface area contributed by atoms with Crippen LogP contribution in [0.1, 0.15) is 1.43 Å². The van der Waals surface area contributed by atoms with Crippen LogP contribution in [-0.2, 0) is 44.6 Å². The van der Waals surface area contributed by atoms with Gasteiger partial charge in [0.15, 0.2) is 0 Å². The second-order valence-electron chi connectivity index (χ2n) is 0.0745. The van der Waals surface area contributed by atoms with E-state index in [1.54, 1.807) is 0 Å². The molecule has 1 atom stereocenters. The van der Waals surface area contributed by atoms with E-state index in [4.69, 9.17) is 12.2 Å². The Morgan fingerprint density at radius 2 is 1.43 bits per heavy atom. The molecule has 39 valence electrons. The van der Waals surface area contributed by atoms with Gasteiger partial charge in [0.25, 0.3) is 0 Å². The summed E-state index contributed by atoms with van der Waals surface area (Å²) in [5.74, 6) is 0. The van der Waals surface area contributed by atoms with Crippen molar-refractivity contribution < 1.29 is 80.5 Å². The number of hydrogen-bond donors (Lipinski definition) is 1. The third kappa shape index (κ3) is 63.3. The van der Waals surface area contributed by atoms with Gasteiger partial charge in [-0.25, -0.2) is 0 Å². The van der Waals surface area contributed by atoms with Gasteiger partial charge in [-0.05, 0) is 9.47 Å². The molecule has 0 bridgehead atoms. The number of rotatable bonds is 0. The van der Waals surface area contributed by atoms with Crippen molar-refractivity contribution in [1.29, 1.82) is 0 Å². The molecule has 0 fully saturated rings. The van der Waals surface area contributed by atoms with Crippen LogP contribution in [0.25, 0.3) is 0 Å². The predicted molar refractivity (Wildman–Crippen MR) is 14.4 cm³/mol. The van der Waals surface area contributed by atoms with Crippen LogP contribution >= 0.6 is 9.47 Å². The van der Waals surface area contributed by atoms with Crippen molar-refractivity contribution in [3.8, 4) is 0 Å². The molecule has 0 saturated heterocycles. The van der Waals surface area contributed by atoms with E-state index in [0.717, 1.165) is 0 Å². The summed E-state index contributed by atoms with van der Waals surface area (Å²) in [4.78, 5) is 6.92. The third-order valence-electron chi connectivity index (χ3n) is 0. The molecule has 0 aliphatic carbocycles. The van der Waals surface area contributed by atoms with E-state index in [1.807, 2.05) is 0 Å². The summed E-state index contributed by atoms with van der Waals surface area (Å²) < 4.78 is 16.9. The molecular weight excluding hydrogens is 249 g/mol. The second-order valence-corrected chi connectivity index (χ2v) is 0.307. The first-order valence-electron chi connectivity index (χ1n) is 0.623. The molecule has 0 heterocycles. The zero-order chi connectivity index (χ0) is 4.71. The van der Waals surface area contributed by atoms with Crippen LogP contribution in [0.4, 0.5) is 0 Å². The summed E-state index contributed by atoms with van der Waals surface area (Å²) in [6.07, 6.45) is 0. The van der Waals surface area contributed by atoms with Gasteiger partial charge in [0.05, 0.1) is 0 Å². The fraction of sp³-hybridized carbons (Fsp3) is 0. The molecule has 0 rings (SSSR count). The van der Waals surface area contributed by atoms with Gasteiger partial charge in [-0.1, -0.05) is 0 Å². The Kier molecular flexibility index (Phi) is 134. The first kappa shape index (κ1) is 22.8. The van der Waals surface area contributed by atoms with Gasteiger partial charge >= 0.3 is 53.1 Å². The van der Waals surface area contributed by atoms with Gasteiger partial charge in [-0.15, -0.1) is 0 Å². The van der Waals surface area contributed by atoms with Gasteiger partial charge in [0.2, 0.25) is 0 Å². The SMILES string of the molecule is OP.[H-].[Mo].[Na+].[O]=[V]=[O].